The summed E-state index contributed by atoms with van der Waals surface area (Å²) in [5.74, 6) is -0.178. The number of carbonyl (C=O) groups is 1. The Hall–Kier alpha value is -3.69. The van der Waals surface area contributed by atoms with Gasteiger partial charge < -0.3 is 9.64 Å². The molecule has 0 saturated heterocycles. The van der Waals surface area contributed by atoms with Crippen molar-refractivity contribution in [2.24, 2.45) is 0 Å². The highest BCUT2D eigenvalue weighted by Crippen LogP contribution is 2.50. The van der Waals surface area contributed by atoms with Crippen LogP contribution in [0.4, 0.5) is 0 Å². The van der Waals surface area contributed by atoms with Crippen LogP contribution in [0.3, 0.4) is 0 Å². The van der Waals surface area contributed by atoms with Crippen molar-refractivity contribution in [3.05, 3.63) is 143 Å². The summed E-state index contributed by atoms with van der Waals surface area (Å²) >= 11 is 0. The molecule has 0 aromatic heterocycles. The summed E-state index contributed by atoms with van der Waals surface area (Å²) in [6.07, 6.45) is -1.67. The van der Waals surface area contributed by atoms with Gasteiger partial charge >= 0.3 is 0 Å². The Kier molecular flexibility index (Phi) is 3.81. The zero-order chi connectivity index (χ0) is 21.8. The van der Waals surface area contributed by atoms with E-state index in [-0.39, 0.29) is 5.91 Å². The molecule has 150 valence electrons. The van der Waals surface area contributed by atoms with Crippen LogP contribution in [0.25, 0.3) is 0 Å². The van der Waals surface area contributed by atoms with Gasteiger partial charge in [0, 0.05) is 17.7 Å². The molecule has 0 bridgehead atoms. The fourth-order valence-electron chi connectivity index (χ4n) is 4.81. The van der Waals surface area contributed by atoms with Gasteiger partial charge in [-0.05, 0) is 28.3 Å². The monoisotopic (exact) mass is 404 g/mol. The molecule has 2 aliphatic rings. The van der Waals surface area contributed by atoms with Crippen LogP contribution in [0.2, 0.25) is 0 Å². The number of benzene rings is 4. The number of ether oxygens (including phenoxy) is 1. The molecule has 1 unspecified atom stereocenters. The number of rotatable bonds is 2. The first-order valence-corrected chi connectivity index (χ1v) is 10.5. The van der Waals surface area contributed by atoms with Crippen LogP contribution in [0.15, 0.2) is 109 Å². The Bertz CT molecular complexity index is 1280. The predicted molar refractivity (Wildman–Crippen MR) is 119 cm³/mol. The molecule has 0 aliphatic carbocycles. The minimum absolute atomic E-state index is 0.178. The fraction of sp³-hybridized carbons (Fsp3) is 0.107. The van der Waals surface area contributed by atoms with Crippen LogP contribution < -0.4 is 0 Å². The molecular weight excluding hydrogens is 382 g/mol. The molecule has 0 spiro atoms. The summed E-state index contributed by atoms with van der Waals surface area (Å²) in [5.41, 5.74) is 3.80. The molecule has 4 aromatic carbocycles. The van der Waals surface area contributed by atoms with Crippen molar-refractivity contribution in [1.29, 1.82) is 0 Å². The number of fused-ring (bicyclic) bond motifs is 4. The number of amides is 1. The van der Waals surface area contributed by atoms with Gasteiger partial charge in [-0.15, -0.1) is 0 Å². The molecule has 2 aliphatic heterocycles. The van der Waals surface area contributed by atoms with E-state index in [1.807, 2.05) is 97.1 Å². The molecule has 6 rings (SSSR count). The van der Waals surface area contributed by atoms with E-state index in [0.29, 0.717) is 17.7 Å². The number of nitrogens with zero attached hydrogens (tertiary/aromatic N) is 1. The zero-order valence-corrected chi connectivity index (χ0v) is 16.9. The van der Waals surface area contributed by atoms with Gasteiger partial charge in [0.25, 0.3) is 5.91 Å². The first-order chi connectivity index (χ1) is 15.6. The minimum Gasteiger partial charge on any atom is -0.333 e. The summed E-state index contributed by atoms with van der Waals surface area (Å²) in [7, 11) is 0. The van der Waals surface area contributed by atoms with Crippen molar-refractivity contribution in [1.82, 2.24) is 4.90 Å². The molecule has 0 radical (unpaired) electrons. The molecule has 0 N–H and O–H groups in total. The van der Waals surface area contributed by atoms with E-state index in [4.69, 9.17) is 4.74 Å². The summed E-state index contributed by atoms with van der Waals surface area (Å²) in [6, 6.07) is 35.4. The quantitative estimate of drug-likeness (QED) is 0.431. The largest absolute Gasteiger partial charge is 0.333 e. The number of hydrogen-bond acceptors (Lipinski definition) is 2. The van der Waals surface area contributed by atoms with Gasteiger partial charge in [-0.1, -0.05) is 103 Å². The first kappa shape index (κ1) is 17.0. The molecule has 0 fully saturated rings. The van der Waals surface area contributed by atoms with Crippen molar-refractivity contribution < 1.29 is 10.9 Å². The lowest BCUT2D eigenvalue weighted by molar-refractivity contribution is -0.103. The van der Waals surface area contributed by atoms with Gasteiger partial charge in [-0.25, -0.2) is 0 Å². The lowest BCUT2D eigenvalue weighted by Crippen LogP contribution is -2.36. The van der Waals surface area contributed by atoms with Gasteiger partial charge in [0.1, 0.15) is 5.60 Å². The summed E-state index contributed by atoms with van der Waals surface area (Å²) in [6.45, 7) is 0.300. The third-order valence-corrected chi connectivity index (χ3v) is 6.21. The average Bonchev–Trinajstić information content (AvgIpc) is 2.98. The van der Waals surface area contributed by atoms with Crippen LogP contribution in [-0.2, 0) is 16.9 Å². The minimum atomic E-state index is -1.67. The van der Waals surface area contributed by atoms with Gasteiger partial charge in [0.2, 0.25) is 0 Å². The van der Waals surface area contributed by atoms with Crippen LogP contribution in [0, 0.1) is 0 Å². The van der Waals surface area contributed by atoms with Gasteiger partial charge in [-0.2, -0.15) is 0 Å². The number of hydrogen-bond donors (Lipinski definition) is 0. The molecule has 3 heteroatoms. The van der Waals surface area contributed by atoms with E-state index < -0.39 is 11.8 Å². The average molecular weight is 404 g/mol. The lowest BCUT2D eigenvalue weighted by atomic mass is 9.78. The highest BCUT2D eigenvalue weighted by Gasteiger charge is 2.49. The molecule has 2 heterocycles. The molecule has 3 nitrogen and oxygen atoms in total. The molecule has 31 heavy (non-hydrogen) atoms. The van der Waals surface area contributed by atoms with E-state index in [1.54, 1.807) is 11.0 Å². The van der Waals surface area contributed by atoms with Crippen molar-refractivity contribution in [3.63, 3.8) is 0 Å². The smallest absolute Gasteiger partial charge is 0.256 e. The topological polar surface area (TPSA) is 29.5 Å². The second-order valence-electron chi connectivity index (χ2n) is 7.91. The van der Waals surface area contributed by atoms with Crippen molar-refractivity contribution in [3.8, 4) is 0 Å². The van der Waals surface area contributed by atoms with Gasteiger partial charge in [-0.3, -0.25) is 4.79 Å². The fourth-order valence-corrected chi connectivity index (χ4v) is 4.81. The summed E-state index contributed by atoms with van der Waals surface area (Å²) in [4.78, 5) is 15.0. The van der Waals surface area contributed by atoms with E-state index >= 15 is 0 Å². The van der Waals surface area contributed by atoms with Crippen LogP contribution in [0.1, 0.15) is 45.7 Å². The lowest BCUT2D eigenvalue weighted by Gasteiger charge is -2.38. The summed E-state index contributed by atoms with van der Waals surface area (Å²) < 4.78 is 16.6. The Labute approximate surface area is 182 Å². The zero-order valence-electron chi connectivity index (χ0n) is 17.9. The Balaban J connectivity index is 1.72. The Morgan fingerprint density at radius 1 is 0.774 bits per heavy atom. The van der Waals surface area contributed by atoms with Gasteiger partial charge in [0.05, 0.1) is 1.37 Å². The van der Waals surface area contributed by atoms with Crippen molar-refractivity contribution in [2.45, 2.75) is 18.3 Å². The van der Waals surface area contributed by atoms with Crippen LogP contribution in [-0.4, -0.2) is 10.8 Å². The van der Waals surface area contributed by atoms with E-state index in [2.05, 4.69) is 6.07 Å². The van der Waals surface area contributed by atoms with Gasteiger partial charge in [0.15, 0.2) is 6.20 Å². The molecule has 1 amide bonds. The van der Waals surface area contributed by atoms with E-state index in [1.165, 1.54) is 0 Å². The number of carbonyl (C=O) groups excluding carboxylic acids is 1. The molecular formula is C28H21NO2. The Morgan fingerprint density at radius 3 is 2.06 bits per heavy atom. The van der Waals surface area contributed by atoms with Crippen molar-refractivity contribution in [2.75, 3.05) is 0 Å². The molecule has 4 aromatic rings. The summed E-state index contributed by atoms with van der Waals surface area (Å²) in [5, 5.41) is 0. The standard InChI is InChI=1S/C28H21NO2/c30-26-23-16-8-9-17-24(23)27-29(26)19-20-11-7-10-18-25(20)28(31-27,21-12-3-1-4-13-21)22-14-5-2-6-15-22/h1-18,27H,19H2/i27D. The Morgan fingerprint density at radius 2 is 1.35 bits per heavy atom. The highest BCUT2D eigenvalue weighted by molar-refractivity contribution is 5.99. The van der Waals surface area contributed by atoms with Crippen LogP contribution in [0.5, 0.6) is 0 Å². The highest BCUT2D eigenvalue weighted by atomic mass is 16.5. The normalized spacial score (nSPS) is 21.5. The third kappa shape index (κ3) is 2.60. The SMILES string of the molecule is [2H]C12OC(c3ccccc3)(c3ccccc3)c3ccccc3CN1C(=O)c1ccccc12. The third-order valence-electron chi connectivity index (χ3n) is 6.21. The predicted octanol–water partition coefficient (Wildman–Crippen LogP) is 5.66. The molecule has 0 saturated carbocycles. The van der Waals surface area contributed by atoms with Crippen LogP contribution >= 0.6 is 0 Å². The van der Waals surface area contributed by atoms with E-state index in [9.17, 15) is 6.17 Å². The maximum atomic E-state index is 13.4. The van der Waals surface area contributed by atoms with E-state index in [0.717, 1.165) is 22.3 Å². The van der Waals surface area contributed by atoms with Crippen molar-refractivity contribution >= 4 is 5.91 Å². The second kappa shape index (κ2) is 6.93. The second-order valence-corrected chi connectivity index (χ2v) is 7.91. The maximum Gasteiger partial charge on any atom is 0.256 e. The maximum absolute atomic E-state index is 13.4. The molecule has 1 atom stereocenters. The first-order valence-electron chi connectivity index (χ1n) is 11.0.